The molecule has 15 heavy (non-hydrogen) atoms. The number of hydrogen-bond donors (Lipinski definition) is 1. The van der Waals surface area contributed by atoms with Gasteiger partial charge in [0.15, 0.2) is 0 Å². The molecule has 2 atom stereocenters. The molecule has 2 unspecified atom stereocenters. The molecule has 3 nitrogen and oxygen atoms in total. The molecule has 1 heterocycles. The van der Waals surface area contributed by atoms with Gasteiger partial charge < -0.3 is 15.4 Å². The largest absolute Gasteiger partial charge is 0.381 e. The van der Waals surface area contributed by atoms with E-state index in [0.717, 1.165) is 32.7 Å². The van der Waals surface area contributed by atoms with E-state index in [0.29, 0.717) is 5.92 Å². The third kappa shape index (κ3) is 4.96. The average molecular weight is 214 g/mol. The Labute approximate surface area is 94.0 Å². The van der Waals surface area contributed by atoms with Crippen LogP contribution in [0, 0.1) is 5.92 Å². The minimum atomic E-state index is -0.0513. The van der Waals surface area contributed by atoms with E-state index in [1.807, 2.05) is 0 Å². The lowest BCUT2D eigenvalue weighted by atomic mass is 9.98. The second kappa shape index (κ2) is 5.83. The Hall–Kier alpha value is -0.120. The van der Waals surface area contributed by atoms with Crippen LogP contribution in [-0.4, -0.2) is 43.8 Å². The zero-order chi connectivity index (χ0) is 11.3. The van der Waals surface area contributed by atoms with Crippen molar-refractivity contribution in [3.8, 4) is 0 Å². The molecule has 0 aromatic heterocycles. The van der Waals surface area contributed by atoms with Crippen molar-refractivity contribution in [1.82, 2.24) is 4.90 Å². The maximum absolute atomic E-state index is 6.15. The van der Waals surface area contributed by atoms with E-state index in [1.54, 1.807) is 0 Å². The van der Waals surface area contributed by atoms with Crippen LogP contribution in [0.1, 0.15) is 33.1 Å². The lowest BCUT2D eigenvalue weighted by Gasteiger charge is -2.32. The second-order valence-corrected chi connectivity index (χ2v) is 5.29. The smallest absolute Gasteiger partial charge is 0.0506 e. The summed E-state index contributed by atoms with van der Waals surface area (Å²) in [5.74, 6) is 0.705. The van der Waals surface area contributed by atoms with Gasteiger partial charge in [-0.05, 0) is 39.2 Å². The first-order chi connectivity index (χ1) is 7.03. The van der Waals surface area contributed by atoms with Crippen molar-refractivity contribution in [1.29, 1.82) is 0 Å². The van der Waals surface area contributed by atoms with Crippen LogP contribution in [-0.2, 0) is 4.74 Å². The Balaban J connectivity index is 2.25. The van der Waals surface area contributed by atoms with Crippen molar-refractivity contribution >= 4 is 0 Å². The van der Waals surface area contributed by atoms with Gasteiger partial charge in [0.05, 0.1) is 6.61 Å². The summed E-state index contributed by atoms with van der Waals surface area (Å²) >= 11 is 0. The van der Waals surface area contributed by atoms with E-state index in [-0.39, 0.29) is 5.54 Å². The number of nitrogens with two attached hydrogens (primary N) is 1. The van der Waals surface area contributed by atoms with Gasteiger partial charge in [-0.25, -0.2) is 0 Å². The van der Waals surface area contributed by atoms with E-state index in [9.17, 15) is 0 Å². The van der Waals surface area contributed by atoms with E-state index in [1.165, 1.54) is 12.8 Å². The lowest BCUT2D eigenvalue weighted by molar-refractivity contribution is 0.0396. The monoisotopic (exact) mass is 214 g/mol. The van der Waals surface area contributed by atoms with Crippen molar-refractivity contribution in [3.05, 3.63) is 0 Å². The summed E-state index contributed by atoms with van der Waals surface area (Å²) < 4.78 is 5.48. The van der Waals surface area contributed by atoms with Crippen LogP contribution < -0.4 is 5.73 Å². The molecule has 1 saturated heterocycles. The van der Waals surface area contributed by atoms with Gasteiger partial charge in [-0.3, -0.25) is 0 Å². The van der Waals surface area contributed by atoms with Crippen LogP contribution >= 0.6 is 0 Å². The summed E-state index contributed by atoms with van der Waals surface area (Å²) in [6, 6.07) is 0. The highest BCUT2D eigenvalue weighted by atomic mass is 16.5. The van der Waals surface area contributed by atoms with Gasteiger partial charge in [0, 0.05) is 25.2 Å². The third-order valence-electron chi connectivity index (χ3n) is 3.26. The minimum absolute atomic E-state index is 0.0513. The molecule has 0 aliphatic carbocycles. The second-order valence-electron chi connectivity index (χ2n) is 5.29. The fourth-order valence-corrected chi connectivity index (χ4v) is 2.19. The Kier molecular flexibility index (Phi) is 5.03. The average Bonchev–Trinajstić information content (AvgIpc) is 2.18. The molecule has 0 bridgehead atoms. The van der Waals surface area contributed by atoms with Gasteiger partial charge in [-0.15, -0.1) is 0 Å². The number of rotatable bonds is 5. The van der Waals surface area contributed by atoms with Gasteiger partial charge >= 0.3 is 0 Å². The van der Waals surface area contributed by atoms with Gasteiger partial charge in [0.1, 0.15) is 0 Å². The first-order valence-corrected chi connectivity index (χ1v) is 6.08. The standard InChI is InChI=1S/C12H26N2O/c1-4-12(2,13)10-14(3)8-11-6-5-7-15-9-11/h11H,4-10,13H2,1-3H3. The summed E-state index contributed by atoms with van der Waals surface area (Å²) in [6.07, 6.45) is 3.54. The molecule has 1 aliphatic rings. The molecule has 0 amide bonds. The Bertz CT molecular complexity index is 176. The molecule has 2 N–H and O–H groups in total. The van der Waals surface area contributed by atoms with Crippen molar-refractivity contribution in [2.75, 3.05) is 33.4 Å². The van der Waals surface area contributed by atoms with Crippen molar-refractivity contribution in [3.63, 3.8) is 0 Å². The van der Waals surface area contributed by atoms with Crippen molar-refractivity contribution in [2.45, 2.75) is 38.6 Å². The van der Waals surface area contributed by atoms with E-state index < -0.39 is 0 Å². The normalized spacial score (nSPS) is 26.6. The van der Waals surface area contributed by atoms with E-state index >= 15 is 0 Å². The predicted octanol–water partition coefficient (Wildman–Crippen LogP) is 1.47. The fourth-order valence-electron chi connectivity index (χ4n) is 2.19. The Morgan fingerprint density at radius 1 is 1.53 bits per heavy atom. The number of likely N-dealkylation sites (N-methyl/N-ethyl adjacent to an activating group) is 1. The third-order valence-corrected chi connectivity index (χ3v) is 3.26. The van der Waals surface area contributed by atoms with E-state index in [2.05, 4.69) is 25.8 Å². The first kappa shape index (κ1) is 12.9. The molecular weight excluding hydrogens is 188 g/mol. The Morgan fingerprint density at radius 2 is 2.27 bits per heavy atom. The van der Waals surface area contributed by atoms with Crippen LogP contribution in [0.3, 0.4) is 0 Å². The SMILES string of the molecule is CCC(C)(N)CN(C)CC1CCCOC1. The quantitative estimate of drug-likeness (QED) is 0.753. The molecule has 0 aromatic carbocycles. The summed E-state index contributed by atoms with van der Waals surface area (Å²) in [4.78, 5) is 2.35. The van der Waals surface area contributed by atoms with Gasteiger partial charge in [-0.1, -0.05) is 6.92 Å². The van der Waals surface area contributed by atoms with E-state index in [4.69, 9.17) is 10.5 Å². The van der Waals surface area contributed by atoms with Crippen LogP contribution in [0.15, 0.2) is 0 Å². The summed E-state index contributed by atoms with van der Waals surface area (Å²) in [5.41, 5.74) is 6.10. The topological polar surface area (TPSA) is 38.5 Å². The highest BCUT2D eigenvalue weighted by Gasteiger charge is 2.21. The van der Waals surface area contributed by atoms with Crippen LogP contribution in [0.4, 0.5) is 0 Å². The van der Waals surface area contributed by atoms with Crippen molar-refractivity contribution in [2.24, 2.45) is 11.7 Å². The Morgan fingerprint density at radius 3 is 2.80 bits per heavy atom. The molecule has 1 rings (SSSR count). The molecule has 3 heteroatoms. The summed E-state index contributed by atoms with van der Waals surface area (Å²) in [6.45, 7) is 8.24. The molecule has 0 aromatic rings. The molecule has 1 fully saturated rings. The highest BCUT2D eigenvalue weighted by Crippen LogP contribution is 2.15. The first-order valence-electron chi connectivity index (χ1n) is 6.08. The number of hydrogen-bond acceptors (Lipinski definition) is 3. The zero-order valence-corrected chi connectivity index (χ0v) is 10.5. The number of nitrogens with zero attached hydrogens (tertiary/aromatic N) is 1. The lowest BCUT2D eigenvalue weighted by Crippen LogP contribution is -2.47. The molecule has 0 saturated carbocycles. The molecule has 0 radical (unpaired) electrons. The minimum Gasteiger partial charge on any atom is -0.381 e. The number of ether oxygens (including phenoxy) is 1. The van der Waals surface area contributed by atoms with Gasteiger partial charge in [0.25, 0.3) is 0 Å². The summed E-state index contributed by atoms with van der Waals surface area (Å²) in [5, 5.41) is 0. The predicted molar refractivity (Wildman–Crippen MR) is 63.9 cm³/mol. The molecular formula is C12H26N2O. The molecule has 90 valence electrons. The zero-order valence-electron chi connectivity index (χ0n) is 10.5. The van der Waals surface area contributed by atoms with Crippen LogP contribution in [0.5, 0.6) is 0 Å². The van der Waals surface area contributed by atoms with Crippen LogP contribution in [0.25, 0.3) is 0 Å². The maximum atomic E-state index is 6.15. The molecule has 1 aliphatic heterocycles. The summed E-state index contributed by atoms with van der Waals surface area (Å²) in [7, 11) is 2.16. The van der Waals surface area contributed by atoms with Crippen molar-refractivity contribution < 1.29 is 4.74 Å². The van der Waals surface area contributed by atoms with Gasteiger partial charge in [-0.2, -0.15) is 0 Å². The fraction of sp³-hybridized carbons (Fsp3) is 1.00. The molecule has 0 spiro atoms. The highest BCUT2D eigenvalue weighted by molar-refractivity contribution is 4.81. The maximum Gasteiger partial charge on any atom is 0.0506 e. The van der Waals surface area contributed by atoms with Crippen LogP contribution in [0.2, 0.25) is 0 Å². The van der Waals surface area contributed by atoms with Gasteiger partial charge in [0.2, 0.25) is 0 Å².